The maximum atomic E-state index is 13.3. The maximum Gasteiger partial charge on any atom is 0.341 e. The first-order chi connectivity index (χ1) is 13.8. The van der Waals surface area contributed by atoms with E-state index in [1.165, 1.54) is 42.1 Å². The molecule has 0 saturated carbocycles. The van der Waals surface area contributed by atoms with Gasteiger partial charge < -0.3 is 14.1 Å². The number of imidazole rings is 1. The Kier molecular flexibility index (Phi) is 6.07. The van der Waals surface area contributed by atoms with E-state index in [0.717, 1.165) is 0 Å². The van der Waals surface area contributed by atoms with E-state index in [0.29, 0.717) is 33.6 Å². The fourth-order valence-corrected chi connectivity index (χ4v) is 3.45. The monoisotopic (exact) mass is 417 g/mol. The third-order valence-corrected chi connectivity index (χ3v) is 4.98. The first-order valence-corrected chi connectivity index (χ1v) is 9.89. The molecule has 1 amide bonds. The van der Waals surface area contributed by atoms with Gasteiger partial charge in [0.1, 0.15) is 28.6 Å². The number of nitrogens with zero attached hydrogens (tertiary/aromatic N) is 3. The molecule has 3 rings (SSSR count). The van der Waals surface area contributed by atoms with E-state index < -0.39 is 5.97 Å². The lowest BCUT2D eigenvalue weighted by Crippen LogP contribution is -2.28. The molecule has 0 aliphatic rings. The number of thioether (sulfide) groups is 1. The van der Waals surface area contributed by atoms with Crippen LogP contribution in [0.25, 0.3) is 5.69 Å². The molecule has 0 atom stereocenters. The zero-order valence-corrected chi connectivity index (χ0v) is 17.2. The van der Waals surface area contributed by atoms with E-state index >= 15 is 0 Å². The summed E-state index contributed by atoms with van der Waals surface area (Å²) in [6.45, 7) is 1.81. The van der Waals surface area contributed by atoms with Crippen LogP contribution < -0.4 is 0 Å². The van der Waals surface area contributed by atoms with Crippen LogP contribution in [0.3, 0.4) is 0 Å². The van der Waals surface area contributed by atoms with Crippen molar-refractivity contribution in [1.82, 2.24) is 14.5 Å². The molecular weight excluding hydrogens is 397 g/mol. The normalized spacial score (nSPS) is 10.8. The number of carbonyl (C=O) groups is 2. The average molecular weight is 417 g/mol. The number of halogens is 1. The third-order valence-electron chi connectivity index (χ3n) is 4.33. The number of aromatic nitrogens is 2. The molecule has 2 aromatic heterocycles. The zero-order valence-electron chi connectivity index (χ0n) is 16.4. The summed E-state index contributed by atoms with van der Waals surface area (Å²) in [6.07, 6.45) is 3.33. The summed E-state index contributed by atoms with van der Waals surface area (Å²) in [7, 11) is 2.92. The number of ether oxygens (including phenoxy) is 1. The van der Waals surface area contributed by atoms with Gasteiger partial charge in [0, 0.05) is 12.7 Å². The Bertz CT molecular complexity index is 1040. The summed E-state index contributed by atoms with van der Waals surface area (Å²) in [6, 6.07) is 7.41. The lowest BCUT2D eigenvalue weighted by atomic mass is 10.2. The molecule has 0 fully saturated rings. The van der Waals surface area contributed by atoms with Crippen LogP contribution in [0.5, 0.6) is 0 Å². The Labute approximate surface area is 171 Å². The SMILES string of the molecule is COC(=O)c1cc(CN(C)C(=O)c2cnc(SC)n2-c2ccc(F)cc2)oc1C. The first kappa shape index (κ1) is 20.7. The topological polar surface area (TPSA) is 77.6 Å². The summed E-state index contributed by atoms with van der Waals surface area (Å²) < 4.78 is 25.3. The van der Waals surface area contributed by atoms with Crippen molar-refractivity contribution >= 4 is 23.6 Å². The number of furan rings is 1. The third kappa shape index (κ3) is 4.19. The molecule has 9 heteroatoms. The summed E-state index contributed by atoms with van der Waals surface area (Å²) >= 11 is 1.38. The predicted molar refractivity (Wildman–Crippen MR) is 106 cm³/mol. The van der Waals surface area contributed by atoms with Crippen molar-refractivity contribution in [3.63, 3.8) is 0 Å². The molecule has 2 heterocycles. The van der Waals surface area contributed by atoms with Gasteiger partial charge in [-0.05, 0) is 43.5 Å². The number of benzene rings is 1. The molecule has 0 spiro atoms. The Morgan fingerprint density at radius 3 is 2.62 bits per heavy atom. The van der Waals surface area contributed by atoms with Crippen molar-refractivity contribution in [2.75, 3.05) is 20.4 Å². The quantitative estimate of drug-likeness (QED) is 0.450. The molecular formula is C20H20FN3O4S. The number of amides is 1. The van der Waals surface area contributed by atoms with Gasteiger partial charge in [-0.15, -0.1) is 0 Å². The van der Waals surface area contributed by atoms with Gasteiger partial charge in [0.15, 0.2) is 5.16 Å². The number of rotatable bonds is 6. The van der Waals surface area contributed by atoms with Gasteiger partial charge in [-0.3, -0.25) is 9.36 Å². The number of esters is 1. The second kappa shape index (κ2) is 8.52. The molecule has 7 nitrogen and oxygen atoms in total. The zero-order chi connectivity index (χ0) is 21.1. The number of aryl methyl sites for hydroxylation is 1. The van der Waals surface area contributed by atoms with Crippen LogP contribution in [0.2, 0.25) is 0 Å². The molecule has 3 aromatic rings. The van der Waals surface area contributed by atoms with E-state index in [4.69, 9.17) is 9.15 Å². The van der Waals surface area contributed by atoms with Crippen LogP contribution in [0.15, 0.2) is 46.1 Å². The van der Waals surface area contributed by atoms with Crippen molar-refractivity contribution in [3.05, 3.63) is 65.1 Å². The van der Waals surface area contributed by atoms with Crippen LogP contribution in [-0.2, 0) is 11.3 Å². The van der Waals surface area contributed by atoms with Crippen molar-refractivity contribution in [2.45, 2.75) is 18.6 Å². The molecule has 29 heavy (non-hydrogen) atoms. The van der Waals surface area contributed by atoms with Crippen molar-refractivity contribution in [2.24, 2.45) is 0 Å². The lowest BCUT2D eigenvalue weighted by Gasteiger charge is -2.17. The maximum absolute atomic E-state index is 13.3. The smallest absolute Gasteiger partial charge is 0.341 e. The average Bonchev–Trinajstić information content (AvgIpc) is 3.30. The number of hydrogen-bond donors (Lipinski definition) is 0. The van der Waals surface area contributed by atoms with Crippen molar-refractivity contribution < 1.29 is 23.1 Å². The molecule has 0 aliphatic heterocycles. The summed E-state index contributed by atoms with van der Waals surface area (Å²) in [4.78, 5) is 30.6. The van der Waals surface area contributed by atoms with E-state index in [-0.39, 0.29) is 18.3 Å². The second-order valence-electron chi connectivity index (χ2n) is 6.28. The van der Waals surface area contributed by atoms with Gasteiger partial charge in [-0.25, -0.2) is 14.2 Å². The van der Waals surface area contributed by atoms with Crippen LogP contribution in [-0.4, -0.2) is 46.7 Å². The highest BCUT2D eigenvalue weighted by molar-refractivity contribution is 7.98. The minimum atomic E-state index is -0.495. The van der Waals surface area contributed by atoms with E-state index in [2.05, 4.69) is 4.98 Å². The highest BCUT2D eigenvalue weighted by Crippen LogP contribution is 2.24. The minimum Gasteiger partial charge on any atom is -0.465 e. The van der Waals surface area contributed by atoms with E-state index in [1.807, 2.05) is 6.26 Å². The van der Waals surface area contributed by atoms with Gasteiger partial charge in [0.25, 0.3) is 5.91 Å². The molecule has 0 bridgehead atoms. The van der Waals surface area contributed by atoms with Crippen LogP contribution >= 0.6 is 11.8 Å². The number of methoxy groups -OCH3 is 1. The molecule has 0 N–H and O–H groups in total. The summed E-state index contributed by atoms with van der Waals surface area (Å²) in [5.74, 6) is -0.272. The van der Waals surface area contributed by atoms with Crippen LogP contribution in [0, 0.1) is 12.7 Å². The van der Waals surface area contributed by atoms with Crippen molar-refractivity contribution in [3.8, 4) is 5.69 Å². The molecule has 0 aliphatic carbocycles. The number of hydrogen-bond acceptors (Lipinski definition) is 6. The van der Waals surface area contributed by atoms with Crippen molar-refractivity contribution in [1.29, 1.82) is 0 Å². The van der Waals surface area contributed by atoms with Gasteiger partial charge >= 0.3 is 5.97 Å². The largest absolute Gasteiger partial charge is 0.465 e. The van der Waals surface area contributed by atoms with Gasteiger partial charge in [0.05, 0.1) is 19.9 Å². The Hall–Kier alpha value is -3.07. The fourth-order valence-electron chi connectivity index (χ4n) is 2.90. The van der Waals surface area contributed by atoms with Gasteiger partial charge in [-0.1, -0.05) is 11.8 Å². The van der Waals surface area contributed by atoms with E-state index in [9.17, 15) is 14.0 Å². The predicted octanol–water partition coefficient (Wildman–Crippen LogP) is 3.69. The van der Waals surface area contributed by atoms with Gasteiger partial charge in [0.2, 0.25) is 0 Å². The Balaban J connectivity index is 1.88. The molecule has 0 saturated heterocycles. The lowest BCUT2D eigenvalue weighted by molar-refractivity contribution is 0.0598. The Morgan fingerprint density at radius 1 is 1.31 bits per heavy atom. The summed E-state index contributed by atoms with van der Waals surface area (Å²) in [5.41, 5.74) is 1.29. The van der Waals surface area contributed by atoms with E-state index in [1.54, 1.807) is 36.7 Å². The fraction of sp³-hybridized carbons (Fsp3) is 0.250. The summed E-state index contributed by atoms with van der Waals surface area (Å²) in [5, 5.41) is 0.607. The first-order valence-electron chi connectivity index (χ1n) is 8.66. The number of carbonyl (C=O) groups excluding carboxylic acids is 2. The standard InChI is InChI=1S/C20H20FN3O4S/c1-12-16(19(26)27-3)9-15(28-12)11-23(2)18(25)17-10-22-20(29-4)24(17)14-7-5-13(21)6-8-14/h5-10H,11H2,1-4H3. The second-order valence-corrected chi connectivity index (χ2v) is 7.05. The van der Waals surface area contributed by atoms with Crippen LogP contribution in [0.1, 0.15) is 32.4 Å². The minimum absolute atomic E-state index is 0.153. The molecule has 152 valence electrons. The molecule has 1 aromatic carbocycles. The highest BCUT2D eigenvalue weighted by Gasteiger charge is 2.23. The molecule has 0 radical (unpaired) electrons. The van der Waals surface area contributed by atoms with Gasteiger partial charge in [-0.2, -0.15) is 0 Å². The molecule has 0 unspecified atom stereocenters. The Morgan fingerprint density at radius 2 is 2.00 bits per heavy atom. The highest BCUT2D eigenvalue weighted by atomic mass is 32.2. The van der Waals surface area contributed by atoms with Crippen LogP contribution in [0.4, 0.5) is 4.39 Å².